The molecule has 1 fully saturated rings. The average Bonchev–Trinajstić information content (AvgIpc) is 2.77. The van der Waals surface area contributed by atoms with Gasteiger partial charge in [0.1, 0.15) is 7.11 Å². The Morgan fingerprint density at radius 3 is 2.34 bits per heavy atom. The van der Waals surface area contributed by atoms with Crippen LogP contribution in [-0.2, 0) is 4.84 Å². The summed E-state index contributed by atoms with van der Waals surface area (Å²) >= 11 is 0. The molecular formula is C24H28N2O3. The summed E-state index contributed by atoms with van der Waals surface area (Å²) in [6, 6.07) is 13.0. The van der Waals surface area contributed by atoms with Crippen LogP contribution in [0.1, 0.15) is 60.8 Å². The van der Waals surface area contributed by atoms with Crippen molar-refractivity contribution in [3.63, 3.8) is 0 Å². The van der Waals surface area contributed by atoms with Gasteiger partial charge in [0.15, 0.2) is 11.5 Å². The highest BCUT2D eigenvalue weighted by Crippen LogP contribution is 2.44. The van der Waals surface area contributed by atoms with Crippen LogP contribution in [0.25, 0.3) is 0 Å². The minimum Gasteiger partial charge on any atom is -0.493 e. The van der Waals surface area contributed by atoms with E-state index in [0.717, 1.165) is 46.0 Å². The zero-order valence-electron chi connectivity index (χ0n) is 17.6. The van der Waals surface area contributed by atoms with E-state index in [9.17, 15) is 0 Å². The molecule has 5 heteroatoms. The second-order valence-electron chi connectivity index (χ2n) is 7.67. The van der Waals surface area contributed by atoms with Crippen molar-refractivity contribution >= 4 is 11.4 Å². The van der Waals surface area contributed by atoms with Crippen LogP contribution in [0.5, 0.6) is 11.5 Å². The molecule has 2 aliphatic rings. The molecule has 0 amide bonds. The van der Waals surface area contributed by atoms with E-state index >= 15 is 0 Å². The van der Waals surface area contributed by atoms with Crippen LogP contribution in [0.4, 0.5) is 0 Å². The number of oxime groups is 1. The summed E-state index contributed by atoms with van der Waals surface area (Å²) < 4.78 is 11.2. The Kier molecular flexibility index (Phi) is 5.56. The van der Waals surface area contributed by atoms with Gasteiger partial charge in [-0.25, -0.2) is 0 Å². The third-order valence-electron chi connectivity index (χ3n) is 6.04. The summed E-state index contributed by atoms with van der Waals surface area (Å²) in [5.41, 5.74) is 6.52. The number of hydrogen-bond donors (Lipinski definition) is 0. The molecule has 2 aromatic rings. The van der Waals surface area contributed by atoms with Gasteiger partial charge in [0.2, 0.25) is 0 Å². The van der Waals surface area contributed by atoms with Crippen LogP contribution in [0, 0.1) is 0 Å². The van der Waals surface area contributed by atoms with Gasteiger partial charge in [0.25, 0.3) is 0 Å². The molecule has 0 radical (unpaired) electrons. The third-order valence-corrected chi connectivity index (χ3v) is 6.04. The topological polar surface area (TPSA) is 52.4 Å². The van der Waals surface area contributed by atoms with Crippen molar-refractivity contribution in [1.82, 2.24) is 0 Å². The lowest BCUT2D eigenvalue weighted by Crippen LogP contribution is -2.29. The van der Waals surface area contributed by atoms with Gasteiger partial charge in [-0.2, -0.15) is 0 Å². The number of methoxy groups -OCH3 is 2. The first kappa shape index (κ1) is 19.5. The zero-order chi connectivity index (χ0) is 20.4. The molecule has 5 nitrogen and oxygen atoms in total. The van der Waals surface area contributed by atoms with Crippen molar-refractivity contribution in [3.05, 3.63) is 58.7 Å². The smallest absolute Gasteiger partial charge is 0.161 e. The van der Waals surface area contributed by atoms with Gasteiger partial charge in [-0.15, -0.1) is 0 Å². The number of ether oxygens (including phenoxy) is 2. The van der Waals surface area contributed by atoms with Crippen LogP contribution < -0.4 is 9.47 Å². The Balaban J connectivity index is 1.81. The van der Waals surface area contributed by atoms with Gasteiger partial charge in [0, 0.05) is 17.0 Å². The predicted molar refractivity (Wildman–Crippen MR) is 116 cm³/mol. The maximum absolute atomic E-state index is 5.60. The van der Waals surface area contributed by atoms with Gasteiger partial charge in [-0.05, 0) is 43.0 Å². The van der Waals surface area contributed by atoms with E-state index in [1.807, 2.05) is 6.92 Å². The van der Waals surface area contributed by atoms with Crippen molar-refractivity contribution in [2.75, 3.05) is 21.3 Å². The largest absolute Gasteiger partial charge is 0.493 e. The second-order valence-corrected chi connectivity index (χ2v) is 7.67. The van der Waals surface area contributed by atoms with Gasteiger partial charge >= 0.3 is 0 Å². The number of nitrogens with zero attached hydrogens (tertiary/aromatic N) is 2. The minimum atomic E-state index is 0.334. The van der Waals surface area contributed by atoms with Crippen molar-refractivity contribution in [3.8, 4) is 11.5 Å². The lowest BCUT2D eigenvalue weighted by atomic mass is 9.75. The van der Waals surface area contributed by atoms with Gasteiger partial charge < -0.3 is 14.3 Å². The third kappa shape index (κ3) is 3.61. The van der Waals surface area contributed by atoms with Crippen LogP contribution in [0.15, 0.2) is 46.5 Å². The summed E-state index contributed by atoms with van der Waals surface area (Å²) in [6.45, 7) is 1.94. The van der Waals surface area contributed by atoms with E-state index in [4.69, 9.17) is 19.3 Å². The molecule has 2 aromatic carbocycles. The Labute approximate surface area is 172 Å². The molecule has 0 bridgehead atoms. The summed E-state index contributed by atoms with van der Waals surface area (Å²) in [7, 11) is 4.94. The van der Waals surface area contributed by atoms with Crippen LogP contribution in [0.3, 0.4) is 0 Å². The molecule has 0 aromatic heterocycles. The fourth-order valence-electron chi connectivity index (χ4n) is 4.56. The Morgan fingerprint density at radius 1 is 0.966 bits per heavy atom. The molecule has 29 heavy (non-hydrogen) atoms. The van der Waals surface area contributed by atoms with E-state index in [2.05, 4.69) is 41.6 Å². The van der Waals surface area contributed by atoms with Crippen molar-refractivity contribution in [2.45, 2.75) is 44.6 Å². The summed E-state index contributed by atoms with van der Waals surface area (Å²) in [5.74, 6) is 1.99. The predicted octanol–water partition coefficient (Wildman–Crippen LogP) is 4.95. The summed E-state index contributed by atoms with van der Waals surface area (Å²) in [4.78, 5) is 10.1. The molecule has 4 rings (SSSR count). The maximum atomic E-state index is 5.60. The van der Waals surface area contributed by atoms with E-state index in [1.165, 1.54) is 24.8 Å². The first-order chi connectivity index (χ1) is 14.2. The van der Waals surface area contributed by atoms with E-state index < -0.39 is 0 Å². The molecule has 0 spiro atoms. The normalized spacial score (nSPS) is 21.0. The van der Waals surface area contributed by atoms with Gasteiger partial charge in [-0.1, -0.05) is 42.3 Å². The SMILES string of the molecule is CO/N=C(\C)c1ccc(C2=N[C@@H]3CCCC[C@@H]3c3cc(OC)c(OC)cc32)cc1. The Bertz CT molecular complexity index is 947. The van der Waals surface area contributed by atoms with Crippen LogP contribution in [-0.4, -0.2) is 38.8 Å². The Morgan fingerprint density at radius 2 is 1.66 bits per heavy atom. The fraction of sp³-hybridized carbons (Fsp3) is 0.417. The quantitative estimate of drug-likeness (QED) is 0.534. The molecule has 1 aliphatic heterocycles. The molecule has 1 saturated carbocycles. The number of aliphatic imine (C=N–C) groups is 1. The van der Waals surface area contributed by atoms with Crippen LogP contribution >= 0.6 is 0 Å². The van der Waals surface area contributed by atoms with Crippen LogP contribution in [0.2, 0.25) is 0 Å². The molecule has 152 valence electrons. The van der Waals surface area contributed by atoms with E-state index in [0.29, 0.717) is 12.0 Å². The van der Waals surface area contributed by atoms with E-state index in [1.54, 1.807) is 21.3 Å². The zero-order valence-corrected chi connectivity index (χ0v) is 17.6. The molecule has 0 unspecified atom stereocenters. The average molecular weight is 392 g/mol. The Hall–Kier alpha value is -2.82. The molecule has 1 heterocycles. The first-order valence-electron chi connectivity index (χ1n) is 10.2. The van der Waals surface area contributed by atoms with Gasteiger partial charge in [-0.3, -0.25) is 4.99 Å². The van der Waals surface area contributed by atoms with Crippen molar-refractivity contribution in [1.29, 1.82) is 0 Å². The minimum absolute atomic E-state index is 0.334. The van der Waals surface area contributed by atoms with Crippen molar-refractivity contribution in [2.24, 2.45) is 10.1 Å². The van der Waals surface area contributed by atoms with Crippen molar-refractivity contribution < 1.29 is 14.3 Å². The number of benzene rings is 2. The molecule has 2 atom stereocenters. The summed E-state index contributed by atoms with van der Waals surface area (Å²) in [5, 5.41) is 4.02. The van der Waals surface area contributed by atoms with Gasteiger partial charge in [0.05, 0.1) is 31.7 Å². The summed E-state index contributed by atoms with van der Waals surface area (Å²) in [6.07, 6.45) is 4.81. The highest BCUT2D eigenvalue weighted by molar-refractivity contribution is 6.15. The highest BCUT2D eigenvalue weighted by atomic mass is 16.6. The monoisotopic (exact) mass is 392 g/mol. The lowest BCUT2D eigenvalue weighted by Gasteiger charge is -2.35. The number of rotatable bonds is 5. The molecule has 0 N–H and O–H groups in total. The number of hydrogen-bond acceptors (Lipinski definition) is 5. The highest BCUT2D eigenvalue weighted by Gasteiger charge is 2.34. The fourth-order valence-corrected chi connectivity index (χ4v) is 4.56. The molecule has 1 aliphatic carbocycles. The maximum Gasteiger partial charge on any atom is 0.161 e. The first-order valence-corrected chi connectivity index (χ1v) is 10.2. The molecule has 0 saturated heterocycles. The molecular weight excluding hydrogens is 364 g/mol. The lowest BCUT2D eigenvalue weighted by molar-refractivity contribution is 0.213. The standard InChI is InChI=1S/C24H28N2O3/c1-15(26-29-4)16-9-11-17(12-10-16)24-20-14-23(28-3)22(27-2)13-19(20)18-7-5-6-8-21(18)25-24/h9-14,18,21H,5-8H2,1-4H3/b26-15+/t18-,21-/m1/s1. The van der Waals surface area contributed by atoms with E-state index in [-0.39, 0.29) is 0 Å². The number of fused-ring (bicyclic) bond motifs is 3. The second kappa shape index (κ2) is 8.27.